The number of ether oxygens (including phenoxy) is 2. The molecule has 1 amide bonds. The molecule has 1 fully saturated rings. The van der Waals surface area contributed by atoms with Crippen molar-refractivity contribution in [3.05, 3.63) is 53.6 Å². The molecule has 0 radical (unpaired) electrons. The van der Waals surface area contributed by atoms with Crippen molar-refractivity contribution in [2.24, 2.45) is 0 Å². The zero-order valence-electron chi connectivity index (χ0n) is 14.0. The van der Waals surface area contributed by atoms with Crippen LogP contribution in [0.15, 0.2) is 42.5 Å². The van der Waals surface area contributed by atoms with Gasteiger partial charge < -0.3 is 19.7 Å². The van der Waals surface area contributed by atoms with Gasteiger partial charge >= 0.3 is 0 Å². The third kappa shape index (κ3) is 3.68. The fourth-order valence-electron chi connectivity index (χ4n) is 2.72. The second-order valence-electron chi connectivity index (χ2n) is 5.78. The average Bonchev–Trinajstić information content (AvgIpc) is 2.64. The summed E-state index contributed by atoms with van der Waals surface area (Å²) in [5.41, 5.74) is 3.53. The number of methoxy groups -OCH3 is 1. The molecule has 0 bridgehead atoms. The van der Waals surface area contributed by atoms with Crippen molar-refractivity contribution in [2.45, 2.75) is 6.92 Å². The van der Waals surface area contributed by atoms with E-state index in [1.807, 2.05) is 31.2 Å². The quantitative estimate of drug-likeness (QED) is 0.938. The first-order valence-electron chi connectivity index (χ1n) is 8.06. The molecule has 0 saturated carbocycles. The number of anilines is 2. The molecule has 0 spiro atoms. The molecular weight excluding hydrogens is 304 g/mol. The van der Waals surface area contributed by atoms with Crippen LogP contribution in [0, 0.1) is 6.92 Å². The molecule has 0 aliphatic carbocycles. The first kappa shape index (κ1) is 16.3. The van der Waals surface area contributed by atoms with E-state index in [-0.39, 0.29) is 5.91 Å². The van der Waals surface area contributed by atoms with Crippen LogP contribution in [0.5, 0.6) is 5.75 Å². The Hall–Kier alpha value is -2.53. The van der Waals surface area contributed by atoms with E-state index in [0.29, 0.717) is 11.3 Å². The SMILES string of the molecule is COc1cccc(C(=O)Nc2cc(N3CCOCC3)ccc2C)c1. The lowest BCUT2D eigenvalue weighted by Gasteiger charge is -2.29. The van der Waals surface area contributed by atoms with Crippen molar-refractivity contribution in [1.29, 1.82) is 0 Å². The topological polar surface area (TPSA) is 50.8 Å². The lowest BCUT2D eigenvalue weighted by Crippen LogP contribution is -2.36. The third-order valence-corrected chi connectivity index (χ3v) is 4.18. The molecule has 3 rings (SSSR count). The maximum atomic E-state index is 12.5. The molecule has 5 nitrogen and oxygen atoms in total. The Kier molecular flexibility index (Phi) is 5.01. The van der Waals surface area contributed by atoms with Gasteiger partial charge in [0, 0.05) is 30.0 Å². The first-order valence-corrected chi connectivity index (χ1v) is 8.06. The highest BCUT2D eigenvalue weighted by Crippen LogP contribution is 2.25. The summed E-state index contributed by atoms with van der Waals surface area (Å²) in [6, 6.07) is 13.3. The van der Waals surface area contributed by atoms with E-state index in [0.717, 1.165) is 43.2 Å². The number of benzene rings is 2. The van der Waals surface area contributed by atoms with Gasteiger partial charge in [0.05, 0.1) is 20.3 Å². The van der Waals surface area contributed by atoms with E-state index in [4.69, 9.17) is 9.47 Å². The molecule has 0 atom stereocenters. The number of hydrogen-bond donors (Lipinski definition) is 1. The van der Waals surface area contributed by atoms with Crippen LogP contribution < -0.4 is 15.0 Å². The second-order valence-corrected chi connectivity index (χ2v) is 5.78. The lowest BCUT2D eigenvalue weighted by molar-refractivity contribution is 0.102. The highest BCUT2D eigenvalue weighted by molar-refractivity contribution is 6.05. The number of morpholine rings is 1. The summed E-state index contributed by atoms with van der Waals surface area (Å²) in [4.78, 5) is 14.8. The van der Waals surface area contributed by atoms with Crippen molar-refractivity contribution in [3.8, 4) is 5.75 Å². The molecule has 0 aromatic heterocycles. The monoisotopic (exact) mass is 326 g/mol. The fraction of sp³-hybridized carbons (Fsp3) is 0.316. The van der Waals surface area contributed by atoms with E-state index in [9.17, 15) is 4.79 Å². The van der Waals surface area contributed by atoms with Gasteiger partial charge in [-0.05, 0) is 42.8 Å². The van der Waals surface area contributed by atoms with Gasteiger partial charge in [0.15, 0.2) is 0 Å². The number of nitrogens with zero attached hydrogens (tertiary/aromatic N) is 1. The predicted octanol–water partition coefficient (Wildman–Crippen LogP) is 3.09. The summed E-state index contributed by atoms with van der Waals surface area (Å²) >= 11 is 0. The summed E-state index contributed by atoms with van der Waals surface area (Å²) < 4.78 is 10.6. The van der Waals surface area contributed by atoms with Crippen LogP contribution in [0.4, 0.5) is 11.4 Å². The third-order valence-electron chi connectivity index (χ3n) is 4.18. The van der Waals surface area contributed by atoms with Crippen LogP contribution in [0.1, 0.15) is 15.9 Å². The number of nitrogens with one attached hydrogen (secondary N) is 1. The van der Waals surface area contributed by atoms with Crippen LogP contribution in [-0.4, -0.2) is 39.3 Å². The Labute approximate surface area is 142 Å². The summed E-state index contributed by atoms with van der Waals surface area (Å²) in [5.74, 6) is 0.526. The van der Waals surface area contributed by atoms with Crippen LogP contribution in [0.3, 0.4) is 0 Å². The summed E-state index contributed by atoms with van der Waals surface area (Å²) in [6.45, 7) is 5.20. The fourth-order valence-corrected chi connectivity index (χ4v) is 2.72. The van der Waals surface area contributed by atoms with E-state index in [1.165, 1.54) is 0 Å². The maximum absolute atomic E-state index is 12.5. The standard InChI is InChI=1S/C19H22N2O3/c1-14-6-7-16(21-8-10-24-11-9-21)13-18(14)20-19(22)15-4-3-5-17(12-15)23-2/h3-7,12-13H,8-11H2,1-2H3,(H,20,22). The van der Waals surface area contributed by atoms with Crippen LogP contribution in [0.25, 0.3) is 0 Å². The van der Waals surface area contributed by atoms with Gasteiger partial charge in [-0.1, -0.05) is 12.1 Å². The van der Waals surface area contributed by atoms with E-state index < -0.39 is 0 Å². The van der Waals surface area contributed by atoms with Crippen molar-refractivity contribution < 1.29 is 14.3 Å². The molecule has 126 valence electrons. The molecule has 1 aliphatic rings. The Bertz CT molecular complexity index is 724. The van der Waals surface area contributed by atoms with Gasteiger partial charge in [0.25, 0.3) is 5.91 Å². The number of rotatable bonds is 4. The molecule has 1 aliphatic heterocycles. The van der Waals surface area contributed by atoms with E-state index in [1.54, 1.807) is 19.2 Å². The Morgan fingerprint density at radius 3 is 2.71 bits per heavy atom. The minimum atomic E-state index is -0.142. The molecule has 0 unspecified atom stereocenters. The van der Waals surface area contributed by atoms with Gasteiger partial charge in [0.2, 0.25) is 0 Å². The number of hydrogen-bond acceptors (Lipinski definition) is 4. The zero-order chi connectivity index (χ0) is 16.9. The number of carbonyl (C=O) groups is 1. The number of amides is 1. The highest BCUT2D eigenvalue weighted by Gasteiger charge is 2.14. The van der Waals surface area contributed by atoms with Crippen molar-refractivity contribution >= 4 is 17.3 Å². The molecule has 2 aromatic rings. The lowest BCUT2D eigenvalue weighted by atomic mass is 10.1. The Balaban J connectivity index is 1.79. The van der Waals surface area contributed by atoms with Gasteiger partial charge in [-0.2, -0.15) is 0 Å². The molecule has 24 heavy (non-hydrogen) atoms. The predicted molar refractivity (Wildman–Crippen MR) is 95.2 cm³/mol. The van der Waals surface area contributed by atoms with Crippen LogP contribution in [-0.2, 0) is 4.74 Å². The van der Waals surface area contributed by atoms with Crippen LogP contribution in [0.2, 0.25) is 0 Å². The van der Waals surface area contributed by atoms with Crippen molar-refractivity contribution in [1.82, 2.24) is 0 Å². The molecule has 1 saturated heterocycles. The number of carbonyl (C=O) groups excluding carboxylic acids is 1. The first-order chi connectivity index (χ1) is 11.7. The van der Waals surface area contributed by atoms with Gasteiger partial charge in [0.1, 0.15) is 5.75 Å². The minimum absolute atomic E-state index is 0.142. The number of aryl methyl sites for hydroxylation is 1. The van der Waals surface area contributed by atoms with E-state index >= 15 is 0 Å². The van der Waals surface area contributed by atoms with Crippen molar-refractivity contribution in [2.75, 3.05) is 43.6 Å². The smallest absolute Gasteiger partial charge is 0.255 e. The normalized spacial score (nSPS) is 14.3. The highest BCUT2D eigenvalue weighted by atomic mass is 16.5. The van der Waals surface area contributed by atoms with Gasteiger partial charge in [-0.15, -0.1) is 0 Å². The van der Waals surface area contributed by atoms with Crippen molar-refractivity contribution in [3.63, 3.8) is 0 Å². The molecule has 5 heteroatoms. The summed E-state index contributed by atoms with van der Waals surface area (Å²) in [5, 5.41) is 3.00. The van der Waals surface area contributed by atoms with Gasteiger partial charge in [-0.25, -0.2) is 0 Å². The average molecular weight is 326 g/mol. The molecule has 2 aromatic carbocycles. The summed E-state index contributed by atoms with van der Waals surface area (Å²) in [6.07, 6.45) is 0. The molecular formula is C19H22N2O3. The van der Waals surface area contributed by atoms with Gasteiger partial charge in [-0.3, -0.25) is 4.79 Å². The van der Waals surface area contributed by atoms with Crippen LogP contribution >= 0.6 is 0 Å². The summed E-state index contributed by atoms with van der Waals surface area (Å²) in [7, 11) is 1.59. The largest absolute Gasteiger partial charge is 0.497 e. The second kappa shape index (κ2) is 7.36. The zero-order valence-corrected chi connectivity index (χ0v) is 14.0. The Morgan fingerprint density at radius 2 is 1.96 bits per heavy atom. The minimum Gasteiger partial charge on any atom is -0.497 e. The maximum Gasteiger partial charge on any atom is 0.255 e. The molecule has 1 N–H and O–H groups in total. The van der Waals surface area contributed by atoms with E-state index in [2.05, 4.69) is 16.3 Å². The Morgan fingerprint density at radius 1 is 1.17 bits per heavy atom. The molecule has 1 heterocycles.